The molecular formula is C23H26N6O10. The standard InChI is InChI=1S/C23H26N6O10/c1-14(30)24-19-12-22(27(7-9-38-15(2)31)8-10-39-16(3)32)23(37-4)13-20(19)26-25-18-6-5-17(28(33)34)11-21(18)29(35)36/h5-6,11-13H,7-10H2,1-4H3,(H,24,30). The van der Waals surface area contributed by atoms with Crippen molar-refractivity contribution in [3.05, 3.63) is 50.6 Å². The Hall–Kier alpha value is -5.15. The van der Waals surface area contributed by atoms with Gasteiger partial charge in [0, 0.05) is 32.9 Å². The summed E-state index contributed by atoms with van der Waals surface area (Å²) in [5.74, 6) is -1.20. The van der Waals surface area contributed by atoms with Crippen LogP contribution in [0.4, 0.5) is 34.1 Å². The maximum atomic E-state index is 11.9. The first-order valence-electron chi connectivity index (χ1n) is 11.3. The number of nitrogens with zero attached hydrogens (tertiary/aromatic N) is 5. The SMILES string of the molecule is COc1cc(N=Nc2ccc([N+](=O)[O-])cc2[N+](=O)[O-])c(NC(C)=O)cc1N(CCOC(C)=O)CCOC(C)=O. The normalized spacial score (nSPS) is 10.6. The van der Waals surface area contributed by atoms with Gasteiger partial charge in [0.05, 0.1) is 47.5 Å². The molecule has 1 N–H and O–H groups in total. The van der Waals surface area contributed by atoms with Gasteiger partial charge in [-0.1, -0.05) is 0 Å². The number of carbonyl (C=O) groups excluding carboxylic acids is 3. The first-order chi connectivity index (χ1) is 18.4. The third-order valence-corrected chi connectivity index (χ3v) is 4.91. The number of hydrogen-bond acceptors (Lipinski definition) is 13. The van der Waals surface area contributed by atoms with E-state index in [1.165, 1.54) is 40.0 Å². The summed E-state index contributed by atoms with van der Waals surface area (Å²) in [6.45, 7) is 4.12. The summed E-state index contributed by atoms with van der Waals surface area (Å²) in [6, 6.07) is 5.79. The Balaban J connectivity index is 2.56. The number of nitro benzene ring substituents is 2. The molecule has 0 aliphatic carbocycles. The van der Waals surface area contributed by atoms with E-state index in [-0.39, 0.29) is 49.1 Å². The van der Waals surface area contributed by atoms with Gasteiger partial charge in [0.15, 0.2) is 5.69 Å². The molecule has 0 aromatic heterocycles. The summed E-state index contributed by atoms with van der Waals surface area (Å²) in [6.07, 6.45) is 0. The summed E-state index contributed by atoms with van der Waals surface area (Å²) in [5.41, 5.74) is -0.768. The molecule has 208 valence electrons. The quantitative estimate of drug-likeness (QED) is 0.165. The predicted octanol–water partition coefficient (Wildman–Crippen LogP) is 3.82. The van der Waals surface area contributed by atoms with Crippen LogP contribution in [0.15, 0.2) is 40.6 Å². The third-order valence-electron chi connectivity index (χ3n) is 4.91. The second-order valence-electron chi connectivity index (χ2n) is 7.78. The van der Waals surface area contributed by atoms with E-state index in [1.807, 2.05) is 0 Å². The van der Waals surface area contributed by atoms with Crippen LogP contribution in [-0.2, 0) is 23.9 Å². The number of ether oxygens (including phenoxy) is 3. The number of nitro groups is 2. The molecule has 2 aromatic carbocycles. The molecule has 16 nitrogen and oxygen atoms in total. The van der Waals surface area contributed by atoms with Gasteiger partial charge in [-0.25, -0.2) is 0 Å². The number of non-ortho nitro benzene ring substituents is 1. The van der Waals surface area contributed by atoms with Crippen molar-refractivity contribution < 1.29 is 38.4 Å². The van der Waals surface area contributed by atoms with Gasteiger partial charge in [0.25, 0.3) is 5.69 Å². The molecule has 0 fully saturated rings. The molecular weight excluding hydrogens is 520 g/mol. The zero-order valence-electron chi connectivity index (χ0n) is 21.5. The van der Waals surface area contributed by atoms with E-state index < -0.39 is 39.1 Å². The van der Waals surface area contributed by atoms with Crippen LogP contribution in [0.3, 0.4) is 0 Å². The Bertz CT molecular complexity index is 1280. The molecule has 0 saturated carbocycles. The van der Waals surface area contributed by atoms with Crippen molar-refractivity contribution in [3.63, 3.8) is 0 Å². The number of amides is 1. The van der Waals surface area contributed by atoms with Crippen LogP contribution in [0.5, 0.6) is 5.75 Å². The topological polar surface area (TPSA) is 205 Å². The van der Waals surface area contributed by atoms with Crippen molar-refractivity contribution in [1.29, 1.82) is 0 Å². The minimum atomic E-state index is -0.829. The molecule has 2 rings (SSSR count). The van der Waals surface area contributed by atoms with Gasteiger partial charge in [-0.3, -0.25) is 34.6 Å². The van der Waals surface area contributed by atoms with Crippen molar-refractivity contribution in [2.45, 2.75) is 20.8 Å². The summed E-state index contributed by atoms with van der Waals surface area (Å²) in [7, 11) is 1.37. The fraction of sp³-hybridized carbons (Fsp3) is 0.348. The monoisotopic (exact) mass is 546 g/mol. The van der Waals surface area contributed by atoms with Gasteiger partial charge in [-0.15, -0.1) is 10.2 Å². The van der Waals surface area contributed by atoms with E-state index in [0.29, 0.717) is 5.69 Å². The summed E-state index contributed by atoms with van der Waals surface area (Å²) in [5, 5.41) is 32.9. The molecule has 0 aliphatic heterocycles. The van der Waals surface area contributed by atoms with Crippen LogP contribution in [0.25, 0.3) is 0 Å². The average molecular weight is 546 g/mol. The molecule has 0 unspecified atom stereocenters. The molecule has 2 aromatic rings. The van der Waals surface area contributed by atoms with Gasteiger partial charge >= 0.3 is 17.6 Å². The van der Waals surface area contributed by atoms with Crippen LogP contribution in [0.1, 0.15) is 20.8 Å². The lowest BCUT2D eigenvalue weighted by molar-refractivity contribution is -0.393. The van der Waals surface area contributed by atoms with Crippen molar-refractivity contribution in [2.24, 2.45) is 10.2 Å². The molecule has 0 bridgehead atoms. The molecule has 0 saturated heterocycles. The molecule has 0 aliphatic rings. The molecule has 16 heteroatoms. The number of hydrogen-bond donors (Lipinski definition) is 1. The number of methoxy groups -OCH3 is 1. The van der Waals surface area contributed by atoms with E-state index in [9.17, 15) is 34.6 Å². The minimum absolute atomic E-state index is 0.000694. The molecule has 1 amide bonds. The number of carbonyl (C=O) groups is 3. The Morgan fingerprint density at radius 1 is 0.897 bits per heavy atom. The largest absolute Gasteiger partial charge is 0.494 e. The first kappa shape index (κ1) is 30.1. The Kier molecular flexibility index (Phi) is 10.8. The number of azo groups is 1. The van der Waals surface area contributed by atoms with Crippen LogP contribution in [0.2, 0.25) is 0 Å². The highest BCUT2D eigenvalue weighted by Gasteiger charge is 2.21. The van der Waals surface area contributed by atoms with Gasteiger partial charge < -0.3 is 24.4 Å². The summed E-state index contributed by atoms with van der Waals surface area (Å²) in [4.78, 5) is 56.9. The Morgan fingerprint density at radius 3 is 1.97 bits per heavy atom. The van der Waals surface area contributed by atoms with E-state index in [1.54, 1.807) is 4.90 Å². The van der Waals surface area contributed by atoms with Crippen molar-refractivity contribution >= 4 is 52.0 Å². The lowest BCUT2D eigenvalue weighted by Gasteiger charge is -2.27. The number of esters is 2. The van der Waals surface area contributed by atoms with Gasteiger partial charge in [0.1, 0.15) is 24.7 Å². The van der Waals surface area contributed by atoms with Crippen LogP contribution in [-0.4, -0.2) is 61.1 Å². The zero-order chi connectivity index (χ0) is 29.1. The molecule has 0 heterocycles. The van der Waals surface area contributed by atoms with Gasteiger partial charge in [-0.05, 0) is 12.1 Å². The minimum Gasteiger partial charge on any atom is -0.494 e. The number of benzene rings is 2. The van der Waals surface area contributed by atoms with Crippen LogP contribution in [0, 0.1) is 20.2 Å². The molecule has 39 heavy (non-hydrogen) atoms. The summed E-state index contributed by atoms with van der Waals surface area (Å²) >= 11 is 0. The van der Waals surface area contributed by atoms with Crippen molar-refractivity contribution in [2.75, 3.05) is 43.6 Å². The Labute approximate surface area is 221 Å². The highest BCUT2D eigenvalue weighted by molar-refractivity contribution is 5.94. The van der Waals surface area contributed by atoms with E-state index >= 15 is 0 Å². The Morgan fingerprint density at radius 2 is 1.49 bits per heavy atom. The fourth-order valence-corrected chi connectivity index (χ4v) is 3.26. The second kappa shape index (κ2) is 14.0. The predicted molar refractivity (Wildman–Crippen MR) is 137 cm³/mol. The van der Waals surface area contributed by atoms with Gasteiger partial charge in [-0.2, -0.15) is 0 Å². The van der Waals surface area contributed by atoms with E-state index in [0.717, 1.165) is 18.2 Å². The second-order valence-corrected chi connectivity index (χ2v) is 7.78. The maximum absolute atomic E-state index is 11.9. The number of nitrogens with one attached hydrogen (secondary N) is 1. The van der Waals surface area contributed by atoms with E-state index in [4.69, 9.17) is 14.2 Å². The highest BCUT2D eigenvalue weighted by atomic mass is 16.6. The van der Waals surface area contributed by atoms with Crippen molar-refractivity contribution in [3.8, 4) is 5.75 Å². The smallest absolute Gasteiger partial charge is 0.303 e. The molecule has 0 spiro atoms. The van der Waals surface area contributed by atoms with E-state index in [2.05, 4.69) is 15.5 Å². The van der Waals surface area contributed by atoms with Crippen LogP contribution >= 0.6 is 0 Å². The van der Waals surface area contributed by atoms with Crippen LogP contribution < -0.4 is 15.0 Å². The molecule has 0 radical (unpaired) electrons. The maximum Gasteiger partial charge on any atom is 0.303 e. The number of anilines is 2. The van der Waals surface area contributed by atoms with Crippen molar-refractivity contribution in [1.82, 2.24) is 0 Å². The van der Waals surface area contributed by atoms with Gasteiger partial charge in [0.2, 0.25) is 5.91 Å². The third kappa shape index (κ3) is 9.03. The highest BCUT2D eigenvalue weighted by Crippen LogP contribution is 2.40. The number of rotatable bonds is 13. The molecule has 0 atom stereocenters. The average Bonchev–Trinajstić information content (AvgIpc) is 2.85. The summed E-state index contributed by atoms with van der Waals surface area (Å²) < 4.78 is 15.5. The lowest BCUT2D eigenvalue weighted by Crippen LogP contribution is -2.32. The lowest BCUT2D eigenvalue weighted by atomic mass is 10.2. The zero-order valence-corrected chi connectivity index (χ0v) is 21.5. The fourth-order valence-electron chi connectivity index (χ4n) is 3.26. The first-order valence-corrected chi connectivity index (χ1v) is 11.3.